The highest BCUT2D eigenvalue weighted by molar-refractivity contribution is 7.92. The van der Waals surface area contributed by atoms with E-state index in [0.29, 0.717) is 36.8 Å². The number of hydrogen-bond donors (Lipinski definition) is 1. The van der Waals surface area contributed by atoms with Gasteiger partial charge in [0.05, 0.1) is 25.7 Å². The number of nitrogens with one attached hydrogen (secondary N) is 1. The molecular weight excluding hydrogens is 554 g/mol. The second-order valence-corrected chi connectivity index (χ2v) is 11.7. The fourth-order valence-electron chi connectivity index (χ4n) is 4.69. The third-order valence-electron chi connectivity index (χ3n) is 6.70. The Morgan fingerprint density at radius 1 is 0.905 bits per heavy atom. The molecule has 1 N–H and O–H groups in total. The molecule has 9 nitrogen and oxygen atoms in total. The second kappa shape index (κ2) is 15.8. The summed E-state index contributed by atoms with van der Waals surface area (Å²) < 4.78 is 37.5. The Balaban J connectivity index is 1.85. The van der Waals surface area contributed by atoms with Crippen molar-refractivity contribution in [2.75, 3.05) is 37.4 Å². The number of benzene rings is 3. The number of hydrogen-bond acceptors (Lipinski definition) is 6. The summed E-state index contributed by atoms with van der Waals surface area (Å²) in [6.45, 7) is 4.95. The number of rotatable bonds is 16. The van der Waals surface area contributed by atoms with Crippen molar-refractivity contribution in [2.24, 2.45) is 0 Å². The fourth-order valence-corrected chi connectivity index (χ4v) is 5.66. The van der Waals surface area contributed by atoms with Crippen LogP contribution in [0, 0.1) is 0 Å². The Kier molecular flexibility index (Phi) is 12.2. The quantitative estimate of drug-likeness (QED) is 0.263. The van der Waals surface area contributed by atoms with Crippen molar-refractivity contribution in [2.45, 2.75) is 45.7 Å². The number of carbonyl (C=O) groups excluding carboxylic acids is 2. The lowest BCUT2D eigenvalue weighted by Crippen LogP contribution is -2.50. The summed E-state index contributed by atoms with van der Waals surface area (Å²) >= 11 is 0. The summed E-state index contributed by atoms with van der Waals surface area (Å²) in [6, 6.07) is 23.0. The van der Waals surface area contributed by atoms with Crippen molar-refractivity contribution in [1.82, 2.24) is 10.2 Å². The Hall–Kier alpha value is -4.05. The molecule has 0 saturated heterocycles. The van der Waals surface area contributed by atoms with Crippen molar-refractivity contribution in [3.63, 3.8) is 0 Å². The van der Waals surface area contributed by atoms with Crippen molar-refractivity contribution in [3.05, 3.63) is 90.0 Å². The zero-order valence-corrected chi connectivity index (χ0v) is 25.6. The molecule has 0 unspecified atom stereocenters. The van der Waals surface area contributed by atoms with Gasteiger partial charge in [-0.05, 0) is 67.8 Å². The number of likely N-dealkylation sites (N-methyl/N-ethyl adjacent to an activating group) is 1. The number of amides is 2. The third kappa shape index (κ3) is 9.51. The van der Waals surface area contributed by atoms with Crippen LogP contribution in [-0.2, 0) is 32.6 Å². The average Bonchev–Trinajstić information content (AvgIpc) is 2.98. The molecule has 1 atom stereocenters. The largest absolute Gasteiger partial charge is 0.497 e. The molecule has 0 heterocycles. The topological polar surface area (TPSA) is 105 Å². The van der Waals surface area contributed by atoms with Gasteiger partial charge in [-0.3, -0.25) is 13.9 Å². The molecule has 3 aromatic rings. The van der Waals surface area contributed by atoms with Crippen molar-refractivity contribution in [1.29, 1.82) is 0 Å². The van der Waals surface area contributed by atoms with Crippen LogP contribution in [0.1, 0.15) is 37.8 Å². The van der Waals surface area contributed by atoms with Gasteiger partial charge in [-0.25, -0.2) is 8.42 Å². The zero-order valence-electron chi connectivity index (χ0n) is 24.8. The van der Waals surface area contributed by atoms with Crippen LogP contribution in [0.3, 0.4) is 0 Å². The standard InChI is InChI=1S/C32H41N3O6S/c1-5-33-32(37)30(23-25-12-8-7-9-13-25)34(24-26-14-10-15-29(22-26)40-3)31(36)16-11-21-35(42(4,38)39)27-17-19-28(20-18-27)41-6-2/h7-10,12-15,17-20,22,30H,5-6,11,16,21,23-24H2,1-4H3,(H,33,37)/t30-/m1/s1. The monoisotopic (exact) mass is 595 g/mol. The van der Waals surface area contributed by atoms with E-state index in [9.17, 15) is 18.0 Å². The predicted molar refractivity (Wildman–Crippen MR) is 165 cm³/mol. The fraction of sp³-hybridized carbons (Fsp3) is 0.375. The van der Waals surface area contributed by atoms with Crippen LogP contribution in [0.15, 0.2) is 78.9 Å². The van der Waals surface area contributed by atoms with Crippen LogP contribution >= 0.6 is 0 Å². The van der Waals surface area contributed by atoms with Crippen LogP contribution in [0.4, 0.5) is 5.69 Å². The van der Waals surface area contributed by atoms with Crippen molar-refractivity contribution >= 4 is 27.5 Å². The molecule has 0 aliphatic heterocycles. The van der Waals surface area contributed by atoms with Gasteiger partial charge in [-0.15, -0.1) is 0 Å². The van der Waals surface area contributed by atoms with E-state index in [0.717, 1.165) is 17.4 Å². The van der Waals surface area contributed by atoms with Crippen molar-refractivity contribution in [3.8, 4) is 11.5 Å². The molecule has 0 aliphatic rings. The molecule has 2 amide bonds. The van der Waals surface area contributed by atoms with E-state index in [1.165, 1.54) is 4.31 Å². The lowest BCUT2D eigenvalue weighted by atomic mass is 10.0. The summed E-state index contributed by atoms with van der Waals surface area (Å²) in [5.74, 6) is 0.805. The lowest BCUT2D eigenvalue weighted by Gasteiger charge is -2.32. The van der Waals surface area contributed by atoms with Gasteiger partial charge in [0, 0.05) is 32.5 Å². The molecular formula is C32H41N3O6S. The Morgan fingerprint density at radius 3 is 2.21 bits per heavy atom. The molecule has 0 radical (unpaired) electrons. The molecule has 0 spiro atoms. The average molecular weight is 596 g/mol. The summed E-state index contributed by atoms with van der Waals surface area (Å²) in [4.78, 5) is 28.8. The van der Waals surface area contributed by atoms with Gasteiger partial charge >= 0.3 is 0 Å². The maximum absolute atomic E-state index is 13.9. The SMILES string of the molecule is CCNC(=O)[C@@H](Cc1ccccc1)N(Cc1cccc(OC)c1)C(=O)CCCN(c1ccc(OCC)cc1)S(C)(=O)=O. The van der Waals surface area contributed by atoms with Gasteiger partial charge in [-0.2, -0.15) is 0 Å². The van der Waals surface area contributed by atoms with Gasteiger partial charge in [0.1, 0.15) is 17.5 Å². The first-order chi connectivity index (χ1) is 20.2. The van der Waals surface area contributed by atoms with Gasteiger partial charge in [-0.1, -0.05) is 42.5 Å². The van der Waals surface area contributed by atoms with Crippen LogP contribution in [-0.4, -0.2) is 64.2 Å². The van der Waals surface area contributed by atoms with E-state index in [4.69, 9.17) is 9.47 Å². The summed E-state index contributed by atoms with van der Waals surface area (Å²) in [5.41, 5.74) is 2.24. The van der Waals surface area contributed by atoms with E-state index >= 15 is 0 Å². The highest BCUT2D eigenvalue weighted by atomic mass is 32.2. The minimum absolute atomic E-state index is 0.0533. The van der Waals surface area contributed by atoms with E-state index < -0.39 is 16.1 Å². The summed E-state index contributed by atoms with van der Waals surface area (Å²) in [7, 11) is -2.03. The van der Waals surface area contributed by atoms with Gasteiger partial charge in [0.15, 0.2) is 0 Å². The maximum atomic E-state index is 13.9. The first-order valence-electron chi connectivity index (χ1n) is 14.1. The van der Waals surface area contributed by atoms with Gasteiger partial charge in [0.2, 0.25) is 21.8 Å². The number of nitrogens with zero attached hydrogens (tertiary/aromatic N) is 2. The highest BCUT2D eigenvalue weighted by Gasteiger charge is 2.30. The molecule has 3 rings (SSSR count). The molecule has 0 saturated carbocycles. The number of methoxy groups -OCH3 is 1. The van der Waals surface area contributed by atoms with E-state index in [1.807, 2.05) is 68.4 Å². The van der Waals surface area contributed by atoms with Crippen LogP contribution in [0.2, 0.25) is 0 Å². The molecule has 226 valence electrons. The molecule has 0 aliphatic carbocycles. The second-order valence-electron chi connectivity index (χ2n) is 9.84. The van der Waals surface area contributed by atoms with E-state index in [2.05, 4.69) is 5.32 Å². The predicted octanol–water partition coefficient (Wildman–Crippen LogP) is 4.42. The van der Waals surface area contributed by atoms with Crippen LogP contribution in [0.25, 0.3) is 0 Å². The molecule has 0 aromatic heterocycles. The number of anilines is 1. The smallest absolute Gasteiger partial charge is 0.243 e. The number of ether oxygens (including phenoxy) is 2. The Labute approximate surface area is 249 Å². The Morgan fingerprint density at radius 2 is 1.60 bits per heavy atom. The third-order valence-corrected chi connectivity index (χ3v) is 7.89. The zero-order chi connectivity index (χ0) is 30.5. The molecule has 0 bridgehead atoms. The van der Waals surface area contributed by atoms with Gasteiger partial charge < -0.3 is 19.7 Å². The molecule has 0 fully saturated rings. The van der Waals surface area contributed by atoms with Crippen LogP contribution in [0.5, 0.6) is 11.5 Å². The molecule has 10 heteroatoms. The summed E-state index contributed by atoms with van der Waals surface area (Å²) in [5, 5.41) is 2.88. The lowest BCUT2D eigenvalue weighted by molar-refractivity contribution is -0.141. The van der Waals surface area contributed by atoms with Crippen LogP contribution < -0.4 is 19.1 Å². The Bertz CT molecular complexity index is 1400. The minimum atomic E-state index is -3.61. The first kappa shape index (κ1) is 32.5. The normalized spacial score (nSPS) is 11.8. The van der Waals surface area contributed by atoms with E-state index in [1.54, 1.807) is 36.3 Å². The molecule has 42 heavy (non-hydrogen) atoms. The van der Waals surface area contributed by atoms with Gasteiger partial charge in [0.25, 0.3) is 0 Å². The highest BCUT2D eigenvalue weighted by Crippen LogP contribution is 2.23. The first-order valence-corrected chi connectivity index (χ1v) is 16.0. The van der Waals surface area contributed by atoms with E-state index in [-0.39, 0.29) is 37.7 Å². The van der Waals surface area contributed by atoms with Crippen molar-refractivity contribution < 1.29 is 27.5 Å². The summed E-state index contributed by atoms with van der Waals surface area (Å²) in [6.07, 6.45) is 1.80. The number of sulfonamides is 1. The maximum Gasteiger partial charge on any atom is 0.243 e. The molecule has 3 aromatic carbocycles. The number of carbonyl (C=O) groups is 2. The minimum Gasteiger partial charge on any atom is -0.497 e.